The van der Waals surface area contributed by atoms with Gasteiger partial charge in [0.25, 0.3) is 0 Å². The lowest BCUT2D eigenvalue weighted by molar-refractivity contribution is -0.140. The molecule has 0 bridgehead atoms. The fourth-order valence-electron chi connectivity index (χ4n) is 4.32. The fourth-order valence-corrected chi connectivity index (χ4v) is 4.32. The summed E-state index contributed by atoms with van der Waals surface area (Å²) in [5.41, 5.74) is 4.55. The smallest absolute Gasteiger partial charge is 0.407 e. The molecule has 2 aromatic rings. The van der Waals surface area contributed by atoms with E-state index in [0.29, 0.717) is 19.6 Å². The van der Waals surface area contributed by atoms with Gasteiger partial charge >= 0.3 is 12.1 Å². The Morgan fingerprint density at radius 3 is 2.21 bits per heavy atom. The number of hydrogen-bond donors (Lipinski definition) is 2. The molecule has 1 aliphatic heterocycles. The predicted molar refractivity (Wildman–Crippen MR) is 108 cm³/mol. The van der Waals surface area contributed by atoms with Crippen molar-refractivity contribution in [1.82, 2.24) is 5.32 Å². The molecule has 1 fully saturated rings. The topological polar surface area (TPSA) is 84.9 Å². The Morgan fingerprint density at radius 1 is 1.03 bits per heavy atom. The van der Waals surface area contributed by atoms with Crippen molar-refractivity contribution in [1.29, 1.82) is 0 Å². The van der Waals surface area contributed by atoms with Gasteiger partial charge in [-0.1, -0.05) is 48.5 Å². The highest BCUT2D eigenvalue weighted by molar-refractivity contribution is 5.81. The van der Waals surface area contributed by atoms with Crippen LogP contribution in [0.3, 0.4) is 0 Å². The van der Waals surface area contributed by atoms with E-state index in [1.807, 2.05) is 36.4 Å². The molecule has 0 unspecified atom stereocenters. The van der Waals surface area contributed by atoms with Gasteiger partial charge in [0.2, 0.25) is 0 Å². The molecule has 0 saturated carbocycles. The first-order valence-electron chi connectivity index (χ1n) is 10.1. The van der Waals surface area contributed by atoms with E-state index in [1.54, 1.807) is 0 Å². The number of amides is 1. The van der Waals surface area contributed by atoms with E-state index in [4.69, 9.17) is 9.47 Å². The molecule has 29 heavy (non-hydrogen) atoms. The van der Waals surface area contributed by atoms with Crippen molar-refractivity contribution in [2.45, 2.75) is 31.2 Å². The summed E-state index contributed by atoms with van der Waals surface area (Å²) < 4.78 is 10.8. The van der Waals surface area contributed by atoms with Crippen molar-refractivity contribution in [2.75, 3.05) is 19.8 Å². The fraction of sp³-hybridized carbons (Fsp3) is 0.391. The second-order valence-corrected chi connectivity index (χ2v) is 7.65. The molecule has 152 valence electrons. The van der Waals surface area contributed by atoms with Gasteiger partial charge in [-0.25, -0.2) is 9.59 Å². The van der Waals surface area contributed by atoms with Crippen molar-refractivity contribution in [2.24, 2.45) is 5.92 Å². The van der Waals surface area contributed by atoms with E-state index in [9.17, 15) is 14.7 Å². The van der Waals surface area contributed by atoms with Crippen LogP contribution >= 0.6 is 0 Å². The van der Waals surface area contributed by atoms with E-state index in [0.717, 1.165) is 35.1 Å². The summed E-state index contributed by atoms with van der Waals surface area (Å²) in [7, 11) is 0. The summed E-state index contributed by atoms with van der Waals surface area (Å²) >= 11 is 0. The second-order valence-electron chi connectivity index (χ2n) is 7.65. The van der Waals surface area contributed by atoms with Crippen LogP contribution in [0.4, 0.5) is 4.79 Å². The summed E-state index contributed by atoms with van der Waals surface area (Å²) in [4.78, 5) is 24.0. The number of aliphatic carboxylic acids is 1. The van der Waals surface area contributed by atoms with Crippen molar-refractivity contribution in [3.63, 3.8) is 0 Å². The molecular weight excluding hydrogens is 370 g/mol. The van der Waals surface area contributed by atoms with Crippen molar-refractivity contribution < 1.29 is 24.2 Å². The number of nitrogens with one attached hydrogen (secondary N) is 1. The number of carboxylic acids is 1. The molecule has 1 heterocycles. The van der Waals surface area contributed by atoms with Gasteiger partial charge < -0.3 is 19.9 Å². The lowest BCUT2D eigenvalue weighted by Gasteiger charge is -2.25. The summed E-state index contributed by atoms with van der Waals surface area (Å²) in [5, 5.41) is 12.0. The van der Waals surface area contributed by atoms with Gasteiger partial charge in [-0.2, -0.15) is 0 Å². The summed E-state index contributed by atoms with van der Waals surface area (Å²) in [6, 6.07) is 15.2. The van der Waals surface area contributed by atoms with Gasteiger partial charge in [0.15, 0.2) is 0 Å². The van der Waals surface area contributed by atoms with E-state index in [1.165, 1.54) is 0 Å². The number of alkyl carbamates (subject to hydrolysis) is 1. The van der Waals surface area contributed by atoms with Gasteiger partial charge in [-0.3, -0.25) is 0 Å². The zero-order valence-electron chi connectivity index (χ0n) is 16.2. The molecule has 0 aromatic heterocycles. The second kappa shape index (κ2) is 8.66. The minimum atomic E-state index is -1.04. The number of fused-ring (bicyclic) bond motifs is 3. The van der Waals surface area contributed by atoms with Crippen LogP contribution in [0.1, 0.15) is 36.3 Å². The first kappa shape index (κ1) is 19.5. The molecule has 4 rings (SSSR count). The molecule has 1 atom stereocenters. The number of carboxylic acid groups (broad SMARTS) is 1. The summed E-state index contributed by atoms with van der Waals surface area (Å²) in [5.74, 6) is -0.851. The molecular formula is C23H25NO5. The molecule has 6 nitrogen and oxygen atoms in total. The zero-order chi connectivity index (χ0) is 20.2. The number of carbonyl (C=O) groups excluding carboxylic acids is 1. The van der Waals surface area contributed by atoms with Crippen LogP contribution in [0.2, 0.25) is 0 Å². The lowest BCUT2D eigenvalue weighted by atomic mass is 9.92. The maximum absolute atomic E-state index is 12.4. The standard InChI is InChI=1S/C23H25NO5/c25-22(26)21(13-15-9-11-28-12-10-15)24-23(27)29-14-20-18-7-3-1-5-16(18)17-6-2-4-8-19(17)20/h1-8,15,20-21H,9-14H2,(H,24,27)(H,25,26)/t21-/m1/s1. The number of hydrogen-bond acceptors (Lipinski definition) is 4. The number of carbonyl (C=O) groups is 2. The molecule has 0 radical (unpaired) electrons. The van der Waals surface area contributed by atoms with Gasteiger partial charge in [0.1, 0.15) is 12.6 Å². The molecule has 2 aromatic carbocycles. The minimum absolute atomic E-state index is 0.0491. The predicted octanol–water partition coefficient (Wildman–Crippen LogP) is 3.80. The average Bonchev–Trinajstić information content (AvgIpc) is 3.06. The Labute approximate surface area is 169 Å². The van der Waals surface area contributed by atoms with Gasteiger partial charge in [0.05, 0.1) is 0 Å². The number of benzene rings is 2. The van der Waals surface area contributed by atoms with Crippen LogP contribution in [0.5, 0.6) is 0 Å². The van der Waals surface area contributed by atoms with Gasteiger partial charge in [0, 0.05) is 19.1 Å². The maximum atomic E-state index is 12.4. The highest BCUT2D eigenvalue weighted by Gasteiger charge is 2.30. The van der Waals surface area contributed by atoms with E-state index >= 15 is 0 Å². The Balaban J connectivity index is 1.39. The van der Waals surface area contributed by atoms with Crippen LogP contribution in [0, 0.1) is 5.92 Å². The number of rotatable bonds is 6. The van der Waals surface area contributed by atoms with Crippen molar-refractivity contribution >= 4 is 12.1 Å². The van der Waals surface area contributed by atoms with Crippen LogP contribution < -0.4 is 5.32 Å². The van der Waals surface area contributed by atoms with E-state index < -0.39 is 18.1 Å². The first-order chi connectivity index (χ1) is 14.1. The molecule has 0 spiro atoms. The molecule has 2 N–H and O–H groups in total. The SMILES string of the molecule is O=C(N[C@H](CC1CCOCC1)C(=O)O)OCC1c2ccccc2-c2ccccc21. The molecule has 1 aliphatic carbocycles. The average molecular weight is 395 g/mol. The Bertz CT molecular complexity index is 845. The minimum Gasteiger partial charge on any atom is -0.480 e. The molecule has 2 aliphatic rings. The third kappa shape index (κ3) is 4.27. The third-order valence-corrected chi connectivity index (χ3v) is 5.84. The van der Waals surface area contributed by atoms with E-state index in [-0.39, 0.29) is 18.4 Å². The van der Waals surface area contributed by atoms with Crippen LogP contribution in [-0.2, 0) is 14.3 Å². The highest BCUT2D eigenvalue weighted by atomic mass is 16.5. The quantitative estimate of drug-likeness (QED) is 0.777. The van der Waals surface area contributed by atoms with Crippen LogP contribution in [-0.4, -0.2) is 43.0 Å². The maximum Gasteiger partial charge on any atom is 0.407 e. The van der Waals surface area contributed by atoms with Crippen molar-refractivity contribution in [3.8, 4) is 11.1 Å². The molecule has 6 heteroatoms. The molecule has 1 saturated heterocycles. The van der Waals surface area contributed by atoms with Crippen LogP contribution in [0.15, 0.2) is 48.5 Å². The Hall–Kier alpha value is -2.86. The van der Waals surface area contributed by atoms with Crippen LogP contribution in [0.25, 0.3) is 11.1 Å². The highest BCUT2D eigenvalue weighted by Crippen LogP contribution is 2.44. The lowest BCUT2D eigenvalue weighted by Crippen LogP contribution is -2.43. The Morgan fingerprint density at radius 2 is 1.62 bits per heavy atom. The van der Waals surface area contributed by atoms with Gasteiger partial charge in [-0.05, 0) is 47.4 Å². The van der Waals surface area contributed by atoms with E-state index in [2.05, 4.69) is 17.4 Å². The van der Waals surface area contributed by atoms with Gasteiger partial charge in [-0.15, -0.1) is 0 Å². The normalized spacial score (nSPS) is 17.2. The largest absolute Gasteiger partial charge is 0.480 e. The third-order valence-electron chi connectivity index (χ3n) is 5.84. The first-order valence-corrected chi connectivity index (χ1v) is 10.1. The summed E-state index contributed by atoms with van der Waals surface area (Å²) in [6.07, 6.45) is 1.33. The monoisotopic (exact) mass is 395 g/mol. The van der Waals surface area contributed by atoms with Crippen molar-refractivity contribution in [3.05, 3.63) is 59.7 Å². The zero-order valence-corrected chi connectivity index (χ0v) is 16.2. The summed E-state index contributed by atoms with van der Waals surface area (Å²) in [6.45, 7) is 1.45. The number of ether oxygens (including phenoxy) is 2. The Kier molecular flexibility index (Phi) is 5.81. The molecule has 1 amide bonds.